The molecular weight excluding hydrogens is 509 g/mol. The van der Waals surface area contributed by atoms with Crippen molar-refractivity contribution in [3.63, 3.8) is 0 Å². The molecule has 166 valence electrons. The number of amides is 2. The van der Waals surface area contributed by atoms with E-state index in [9.17, 15) is 9.59 Å². The van der Waals surface area contributed by atoms with Crippen LogP contribution >= 0.6 is 22.6 Å². The third-order valence-electron chi connectivity index (χ3n) is 4.48. The Balaban J connectivity index is 2.07. The van der Waals surface area contributed by atoms with Crippen molar-refractivity contribution in [1.82, 2.24) is 10.7 Å². The number of aryl methyl sites for hydroxylation is 1. The summed E-state index contributed by atoms with van der Waals surface area (Å²) < 4.78 is 11.9. The highest BCUT2D eigenvalue weighted by Gasteiger charge is 2.24. The molecule has 0 bridgehead atoms. The van der Waals surface area contributed by atoms with Crippen LogP contribution in [0.5, 0.6) is 11.5 Å². The molecule has 2 N–H and O–H groups in total. The normalized spacial score (nSPS) is 12.0. The third-order valence-corrected chi connectivity index (χ3v) is 5.28. The topological polar surface area (TPSA) is 89.0 Å². The van der Waals surface area contributed by atoms with Gasteiger partial charge in [-0.15, -0.1) is 0 Å². The molecule has 0 aliphatic rings. The van der Waals surface area contributed by atoms with Crippen LogP contribution in [0.15, 0.2) is 41.5 Å². The van der Waals surface area contributed by atoms with E-state index in [-0.39, 0.29) is 17.7 Å². The predicted octanol–water partition coefficient (Wildman–Crippen LogP) is 3.91. The Morgan fingerprint density at radius 3 is 2.45 bits per heavy atom. The van der Waals surface area contributed by atoms with Crippen molar-refractivity contribution in [3.05, 3.63) is 56.7 Å². The molecule has 0 saturated heterocycles. The smallest absolute Gasteiger partial charge is 0.262 e. The van der Waals surface area contributed by atoms with E-state index in [0.717, 1.165) is 14.7 Å². The Morgan fingerprint density at radius 1 is 1.19 bits per heavy atom. The van der Waals surface area contributed by atoms with Gasteiger partial charge in [0.25, 0.3) is 11.8 Å². The van der Waals surface area contributed by atoms with Gasteiger partial charge in [0.15, 0.2) is 11.5 Å². The van der Waals surface area contributed by atoms with E-state index < -0.39 is 6.04 Å². The van der Waals surface area contributed by atoms with Gasteiger partial charge in [0.05, 0.1) is 23.5 Å². The summed E-state index contributed by atoms with van der Waals surface area (Å²) in [6.45, 7) is 8.11. The minimum atomic E-state index is -0.721. The monoisotopic (exact) mass is 537 g/mol. The highest BCUT2D eigenvalue weighted by atomic mass is 127. The molecule has 2 rings (SSSR count). The summed E-state index contributed by atoms with van der Waals surface area (Å²) in [5.41, 5.74) is 4.82. The van der Waals surface area contributed by atoms with Gasteiger partial charge in [-0.1, -0.05) is 31.5 Å². The van der Waals surface area contributed by atoms with Gasteiger partial charge >= 0.3 is 0 Å². The second-order valence-electron chi connectivity index (χ2n) is 7.26. The summed E-state index contributed by atoms with van der Waals surface area (Å²) in [7, 11) is 1.57. The number of carbonyl (C=O) groups is 2. The van der Waals surface area contributed by atoms with E-state index in [2.05, 4.69) is 38.4 Å². The number of halogens is 1. The maximum absolute atomic E-state index is 12.6. The number of hydrogen-bond donors (Lipinski definition) is 2. The molecule has 0 aliphatic heterocycles. The lowest BCUT2D eigenvalue weighted by Gasteiger charge is -2.20. The van der Waals surface area contributed by atoms with Crippen molar-refractivity contribution in [2.45, 2.75) is 33.7 Å². The zero-order chi connectivity index (χ0) is 23.0. The summed E-state index contributed by atoms with van der Waals surface area (Å²) in [4.78, 5) is 25.1. The van der Waals surface area contributed by atoms with Crippen LogP contribution in [0.3, 0.4) is 0 Å². The van der Waals surface area contributed by atoms with Crippen LogP contribution in [0, 0.1) is 16.4 Å². The molecule has 0 heterocycles. The maximum atomic E-state index is 12.6. The van der Waals surface area contributed by atoms with E-state index in [1.165, 1.54) is 6.21 Å². The number of rotatable bonds is 9. The van der Waals surface area contributed by atoms with Crippen LogP contribution in [0.1, 0.15) is 42.3 Å². The van der Waals surface area contributed by atoms with Gasteiger partial charge in [-0.25, -0.2) is 5.43 Å². The first-order chi connectivity index (χ1) is 14.8. The SMILES string of the molecule is CCOc1c(I)cc(C=NNC(=O)C(NC(=O)c2ccc(C)cc2)C(C)C)cc1OC. The molecule has 0 spiro atoms. The highest BCUT2D eigenvalue weighted by Crippen LogP contribution is 2.33. The maximum Gasteiger partial charge on any atom is 0.262 e. The third kappa shape index (κ3) is 6.95. The van der Waals surface area contributed by atoms with E-state index >= 15 is 0 Å². The van der Waals surface area contributed by atoms with Crippen LogP contribution in [0.4, 0.5) is 0 Å². The van der Waals surface area contributed by atoms with Gasteiger partial charge in [0.2, 0.25) is 0 Å². The molecule has 0 radical (unpaired) electrons. The molecular formula is C23H28IN3O4. The fourth-order valence-corrected chi connectivity index (χ4v) is 3.58. The average Bonchev–Trinajstić information content (AvgIpc) is 2.73. The average molecular weight is 537 g/mol. The van der Waals surface area contributed by atoms with Crippen molar-refractivity contribution in [1.29, 1.82) is 0 Å². The molecule has 0 fully saturated rings. The van der Waals surface area contributed by atoms with E-state index in [0.29, 0.717) is 23.7 Å². The fourth-order valence-electron chi connectivity index (χ4n) is 2.80. The van der Waals surface area contributed by atoms with Crippen LogP contribution < -0.4 is 20.2 Å². The summed E-state index contributed by atoms with van der Waals surface area (Å²) in [6.07, 6.45) is 1.53. The number of nitrogens with zero attached hydrogens (tertiary/aromatic N) is 1. The van der Waals surface area contributed by atoms with Crippen molar-refractivity contribution in [2.75, 3.05) is 13.7 Å². The lowest BCUT2D eigenvalue weighted by Crippen LogP contribution is -2.48. The van der Waals surface area contributed by atoms with Crippen molar-refractivity contribution in [3.8, 4) is 11.5 Å². The highest BCUT2D eigenvalue weighted by molar-refractivity contribution is 14.1. The second-order valence-corrected chi connectivity index (χ2v) is 8.42. The number of nitrogens with one attached hydrogen (secondary N) is 2. The number of hydrazone groups is 1. The van der Waals surface area contributed by atoms with Gasteiger partial charge in [-0.2, -0.15) is 5.10 Å². The zero-order valence-corrected chi connectivity index (χ0v) is 20.5. The molecule has 0 aromatic heterocycles. The molecule has 8 heteroatoms. The minimum absolute atomic E-state index is 0.115. The molecule has 7 nitrogen and oxygen atoms in total. The first-order valence-corrected chi connectivity index (χ1v) is 11.1. The Labute approximate surface area is 196 Å². The first kappa shape index (κ1) is 24.6. The number of benzene rings is 2. The summed E-state index contributed by atoms with van der Waals surface area (Å²) >= 11 is 2.16. The van der Waals surface area contributed by atoms with Crippen molar-refractivity contribution < 1.29 is 19.1 Å². The lowest BCUT2D eigenvalue weighted by atomic mass is 10.0. The summed E-state index contributed by atoms with van der Waals surface area (Å²) in [5, 5.41) is 6.84. The second kappa shape index (κ2) is 11.7. The standard InChI is InChI=1S/C23H28IN3O4/c1-6-31-21-18(24)11-16(12-19(21)30-5)13-25-27-23(29)20(14(2)3)26-22(28)17-9-7-15(4)8-10-17/h7-14,20H,6H2,1-5H3,(H,26,28)(H,27,29). The molecule has 2 aromatic rings. The number of hydrogen-bond acceptors (Lipinski definition) is 5. The molecule has 1 atom stereocenters. The molecule has 31 heavy (non-hydrogen) atoms. The minimum Gasteiger partial charge on any atom is -0.493 e. The Hall–Kier alpha value is -2.62. The van der Waals surface area contributed by atoms with Crippen LogP contribution in [0.2, 0.25) is 0 Å². The molecule has 2 amide bonds. The quantitative estimate of drug-likeness (QED) is 0.289. The predicted molar refractivity (Wildman–Crippen MR) is 130 cm³/mol. The molecule has 0 saturated carbocycles. The van der Waals surface area contributed by atoms with Gasteiger partial charge in [0.1, 0.15) is 6.04 Å². The Bertz CT molecular complexity index is 943. The van der Waals surface area contributed by atoms with Gasteiger partial charge < -0.3 is 14.8 Å². The van der Waals surface area contributed by atoms with Gasteiger partial charge in [0, 0.05) is 5.56 Å². The van der Waals surface area contributed by atoms with Gasteiger partial charge in [-0.05, 0) is 72.2 Å². The summed E-state index contributed by atoms with van der Waals surface area (Å²) in [5.74, 6) is 0.455. The van der Waals surface area contributed by atoms with Crippen LogP contribution in [-0.2, 0) is 4.79 Å². The van der Waals surface area contributed by atoms with E-state index in [1.807, 2.05) is 45.9 Å². The molecule has 2 aromatic carbocycles. The largest absolute Gasteiger partial charge is 0.493 e. The molecule has 1 unspecified atom stereocenters. The van der Waals surface area contributed by atoms with Crippen molar-refractivity contribution >= 4 is 40.6 Å². The van der Waals surface area contributed by atoms with Crippen LogP contribution in [0.25, 0.3) is 0 Å². The van der Waals surface area contributed by atoms with Gasteiger partial charge in [-0.3, -0.25) is 9.59 Å². The fraction of sp³-hybridized carbons (Fsp3) is 0.348. The van der Waals surface area contributed by atoms with Crippen molar-refractivity contribution in [2.24, 2.45) is 11.0 Å². The zero-order valence-electron chi connectivity index (χ0n) is 18.4. The van der Waals surface area contributed by atoms with E-state index in [1.54, 1.807) is 25.3 Å². The Kier molecular flexibility index (Phi) is 9.29. The Morgan fingerprint density at radius 2 is 1.87 bits per heavy atom. The van der Waals surface area contributed by atoms with Crippen LogP contribution in [-0.4, -0.2) is 37.8 Å². The first-order valence-electron chi connectivity index (χ1n) is 9.97. The molecule has 0 aliphatic carbocycles. The number of ether oxygens (including phenoxy) is 2. The lowest BCUT2D eigenvalue weighted by molar-refractivity contribution is -0.123. The van der Waals surface area contributed by atoms with E-state index in [4.69, 9.17) is 9.47 Å². The summed E-state index contributed by atoms with van der Waals surface area (Å²) in [6, 6.07) is 10.1. The number of carbonyl (C=O) groups excluding carboxylic acids is 2. The number of methoxy groups -OCH3 is 1.